The predicted molar refractivity (Wildman–Crippen MR) is 168 cm³/mol. The Hall–Kier alpha value is -5.41. The van der Waals surface area contributed by atoms with E-state index in [1.165, 1.54) is 48.9 Å². The number of rotatable bonds is 2. The molecule has 0 atom stereocenters. The van der Waals surface area contributed by atoms with E-state index in [0.29, 0.717) is 0 Å². The molecule has 186 valence electrons. The summed E-state index contributed by atoms with van der Waals surface area (Å²) in [5.74, 6) is 0. The van der Waals surface area contributed by atoms with E-state index >= 15 is 0 Å². The molecule has 0 saturated heterocycles. The first kappa shape index (κ1) is 21.5. The molecular formula is C37H23N3. The van der Waals surface area contributed by atoms with E-state index < -0.39 is 0 Å². The van der Waals surface area contributed by atoms with Crippen LogP contribution in [-0.2, 0) is 0 Å². The molecule has 3 heterocycles. The van der Waals surface area contributed by atoms with Crippen LogP contribution in [0.15, 0.2) is 140 Å². The highest BCUT2D eigenvalue weighted by Gasteiger charge is 2.21. The van der Waals surface area contributed by atoms with Crippen molar-refractivity contribution in [3.05, 3.63) is 140 Å². The molecular weight excluding hydrogens is 486 g/mol. The van der Waals surface area contributed by atoms with Crippen LogP contribution in [-0.4, -0.2) is 14.1 Å². The van der Waals surface area contributed by atoms with Crippen molar-refractivity contribution in [3.63, 3.8) is 0 Å². The number of para-hydroxylation sites is 3. The third kappa shape index (κ3) is 2.81. The van der Waals surface area contributed by atoms with Crippen LogP contribution >= 0.6 is 0 Å². The Morgan fingerprint density at radius 3 is 1.75 bits per heavy atom. The first-order chi connectivity index (χ1) is 19.9. The Bertz CT molecular complexity index is 2410. The zero-order chi connectivity index (χ0) is 26.2. The maximum atomic E-state index is 5.22. The highest BCUT2D eigenvalue weighted by Crippen LogP contribution is 2.42. The fourth-order valence-corrected chi connectivity index (χ4v) is 6.64. The number of nitrogens with zero attached hydrogens (tertiary/aromatic N) is 3. The maximum Gasteiger partial charge on any atom is 0.0970 e. The molecule has 0 N–H and O–H groups in total. The van der Waals surface area contributed by atoms with Gasteiger partial charge in [-0.25, -0.2) is 0 Å². The molecule has 0 aliphatic rings. The summed E-state index contributed by atoms with van der Waals surface area (Å²) in [6, 6.07) is 47.7. The highest BCUT2D eigenvalue weighted by atomic mass is 15.0. The summed E-state index contributed by atoms with van der Waals surface area (Å²) >= 11 is 0. The second-order valence-corrected chi connectivity index (χ2v) is 10.4. The largest absolute Gasteiger partial charge is 0.309 e. The standard InChI is InChI=1S/C37H23N3/c1-3-12-25(13-4-1)39-33-18-10-9-17-28(33)32-23-38-34-31(36(32)39)22-21-30-29-20-19-24-11-7-8-16-27(24)35(29)40(37(30)34)26-14-5-2-6-15-26/h1-23H. The molecule has 0 saturated carbocycles. The molecule has 9 aromatic rings. The molecule has 0 amide bonds. The average Bonchev–Trinajstić information content (AvgIpc) is 3.56. The second kappa shape index (κ2) is 8.05. The van der Waals surface area contributed by atoms with Crippen LogP contribution in [0.1, 0.15) is 0 Å². The minimum absolute atomic E-state index is 1.01. The molecule has 0 spiro atoms. The summed E-state index contributed by atoms with van der Waals surface area (Å²) in [4.78, 5) is 5.22. The van der Waals surface area contributed by atoms with Crippen molar-refractivity contribution < 1.29 is 0 Å². The summed E-state index contributed by atoms with van der Waals surface area (Å²) in [5, 5.41) is 8.46. The van der Waals surface area contributed by atoms with Crippen LogP contribution in [0.4, 0.5) is 0 Å². The summed E-state index contributed by atoms with van der Waals surface area (Å²) in [5.41, 5.74) is 8.03. The van der Waals surface area contributed by atoms with Gasteiger partial charge in [-0.3, -0.25) is 4.98 Å². The van der Waals surface area contributed by atoms with Crippen molar-refractivity contribution >= 4 is 65.3 Å². The van der Waals surface area contributed by atoms with Crippen molar-refractivity contribution in [2.24, 2.45) is 0 Å². The van der Waals surface area contributed by atoms with Crippen LogP contribution in [0.5, 0.6) is 0 Å². The quantitative estimate of drug-likeness (QED) is 0.227. The lowest BCUT2D eigenvalue weighted by Crippen LogP contribution is -1.97. The average molecular weight is 510 g/mol. The molecule has 0 bridgehead atoms. The minimum atomic E-state index is 1.01. The summed E-state index contributed by atoms with van der Waals surface area (Å²) in [7, 11) is 0. The normalized spacial score (nSPS) is 12.0. The van der Waals surface area contributed by atoms with Gasteiger partial charge in [-0.1, -0.05) is 97.1 Å². The number of hydrogen-bond donors (Lipinski definition) is 0. The molecule has 3 nitrogen and oxygen atoms in total. The van der Waals surface area contributed by atoms with Gasteiger partial charge in [0.25, 0.3) is 0 Å². The smallest absolute Gasteiger partial charge is 0.0970 e. The Morgan fingerprint density at radius 1 is 0.375 bits per heavy atom. The Morgan fingerprint density at radius 2 is 0.950 bits per heavy atom. The number of hydrogen-bond acceptors (Lipinski definition) is 1. The van der Waals surface area contributed by atoms with Crippen molar-refractivity contribution in [3.8, 4) is 11.4 Å². The number of pyridine rings is 1. The van der Waals surface area contributed by atoms with Crippen molar-refractivity contribution in [1.82, 2.24) is 14.1 Å². The fourth-order valence-electron chi connectivity index (χ4n) is 6.64. The lowest BCUT2D eigenvalue weighted by molar-refractivity contribution is 1.18. The molecule has 0 fully saturated rings. The lowest BCUT2D eigenvalue weighted by atomic mass is 10.0. The third-order valence-electron chi connectivity index (χ3n) is 8.31. The molecule has 9 rings (SSSR count). The van der Waals surface area contributed by atoms with E-state index in [0.717, 1.165) is 27.8 Å². The fraction of sp³-hybridized carbons (Fsp3) is 0. The van der Waals surface area contributed by atoms with Crippen molar-refractivity contribution in [2.75, 3.05) is 0 Å². The van der Waals surface area contributed by atoms with E-state index in [2.05, 4.69) is 149 Å². The monoisotopic (exact) mass is 509 g/mol. The molecule has 0 aliphatic heterocycles. The van der Waals surface area contributed by atoms with Crippen LogP contribution in [0, 0.1) is 0 Å². The molecule has 3 heteroatoms. The molecule has 3 aromatic heterocycles. The zero-order valence-electron chi connectivity index (χ0n) is 21.6. The second-order valence-electron chi connectivity index (χ2n) is 10.4. The van der Waals surface area contributed by atoms with E-state index in [9.17, 15) is 0 Å². The van der Waals surface area contributed by atoms with Gasteiger partial charge >= 0.3 is 0 Å². The van der Waals surface area contributed by atoms with Gasteiger partial charge in [0, 0.05) is 49.9 Å². The molecule has 40 heavy (non-hydrogen) atoms. The van der Waals surface area contributed by atoms with Gasteiger partial charge in [-0.2, -0.15) is 0 Å². The van der Waals surface area contributed by atoms with Gasteiger partial charge in [-0.15, -0.1) is 0 Å². The van der Waals surface area contributed by atoms with Crippen molar-refractivity contribution in [2.45, 2.75) is 0 Å². The predicted octanol–water partition coefficient (Wildman–Crippen LogP) is 9.58. The zero-order valence-corrected chi connectivity index (χ0v) is 21.6. The summed E-state index contributed by atoms with van der Waals surface area (Å²) in [6.45, 7) is 0. The Labute approximate surface area is 230 Å². The van der Waals surface area contributed by atoms with E-state index in [1.54, 1.807) is 0 Å². The SMILES string of the molecule is c1ccc(-n2c3ccccc3c3cnc4c(ccc5c6ccc7ccccc7c6n(-c6ccccc6)c54)c32)cc1. The van der Waals surface area contributed by atoms with Crippen LogP contribution < -0.4 is 0 Å². The number of fused-ring (bicyclic) bond motifs is 11. The summed E-state index contributed by atoms with van der Waals surface area (Å²) in [6.07, 6.45) is 2.07. The first-order valence-electron chi connectivity index (χ1n) is 13.7. The van der Waals surface area contributed by atoms with Gasteiger partial charge in [0.1, 0.15) is 0 Å². The van der Waals surface area contributed by atoms with E-state index in [1.807, 2.05) is 0 Å². The van der Waals surface area contributed by atoms with Gasteiger partial charge in [-0.05, 0) is 41.8 Å². The van der Waals surface area contributed by atoms with E-state index in [4.69, 9.17) is 4.98 Å². The van der Waals surface area contributed by atoms with Crippen molar-refractivity contribution in [1.29, 1.82) is 0 Å². The van der Waals surface area contributed by atoms with Crippen LogP contribution in [0.3, 0.4) is 0 Å². The topological polar surface area (TPSA) is 22.8 Å². The molecule has 6 aromatic carbocycles. The van der Waals surface area contributed by atoms with Gasteiger partial charge in [0.15, 0.2) is 0 Å². The van der Waals surface area contributed by atoms with Crippen LogP contribution in [0.25, 0.3) is 76.7 Å². The van der Waals surface area contributed by atoms with E-state index in [-0.39, 0.29) is 0 Å². The molecule has 0 aliphatic carbocycles. The third-order valence-corrected chi connectivity index (χ3v) is 8.31. The van der Waals surface area contributed by atoms with Gasteiger partial charge in [0.2, 0.25) is 0 Å². The number of benzene rings is 6. The molecule has 0 radical (unpaired) electrons. The maximum absolute atomic E-state index is 5.22. The lowest BCUT2D eigenvalue weighted by Gasteiger charge is -2.12. The highest BCUT2D eigenvalue weighted by molar-refractivity contribution is 6.27. The minimum Gasteiger partial charge on any atom is -0.309 e. The Kier molecular flexibility index (Phi) is 4.33. The van der Waals surface area contributed by atoms with Gasteiger partial charge < -0.3 is 9.13 Å². The van der Waals surface area contributed by atoms with Crippen LogP contribution in [0.2, 0.25) is 0 Å². The Balaban J connectivity index is 1.54. The summed E-state index contributed by atoms with van der Waals surface area (Å²) < 4.78 is 4.81. The first-order valence-corrected chi connectivity index (χ1v) is 13.7. The van der Waals surface area contributed by atoms with Gasteiger partial charge in [0.05, 0.1) is 27.6 Å². The molecule has 0 unspecified atom stereocenters. The number of aromatic nitrogens is 3.